The zero-order valence-electron chi connectivity index (χ0n) is 48.5. The number of carbonyl (C=O) groups excluding carboxylic acids is 2. The molecule has 20 heteroatoms. The van der Waals surface area contributed by atoms with Crippen molar-refractivity contribution in [3.05, 3.63) is 101 Å². The maximum Gasteiger partial charge on any atom is 0.319 e. The molecule has 0 aliphatic carbocycles. The minimum atomic E-state index is -0.821. The minimum absolute atomic E-state index is 0.0439. The summed E-state index contributed by atoms with van der Waals surface area (Å²) in [6.45, 7) is 21.0. The summed E-state index contributed by atoms with van der Waals surface area (Å²) < 4.78 is 29.5. The van der Waals surface area contributed by atoms with Crippen LogP contribution in [0.5, 0.6) is 11.8 Å². The summed E-state index contributed by atoms with van der Waals surface area (Å²) in [7, 11) is 0. The molecular formula is C63H77FN12O6S. The second-order valence-corrected chi connectivity index (χ2v) is 25.4. The molecule has 18 nitrogen and oxygen atoms in total. The monoisotopic (exact) mass is 1150 g/mol. The summed E-state index contributed by atoms with van der Waals surface area (Å²) in [6.07, 6.45) is 6.00. The van der Waals surface area contributed by atoms with E-state index in [-0.39, 0.29) is 65.1 Å². The van der Waals surface area contributed by atoms with E-state index in [0.29, 0.717) is 53.6 Å². The highest BCUT2D eigenvalue weighted by atomic mass is 32.1. The van der Waals surface area contributed by atoms with E-state index >= 15 is 4.39 Å². The number of thiazole rings is 1. The van der Waals surface area contributed by atoms with E-state index in [9.17, 15) is 19.8 Å². The number of likely N-dealkylation sites (tertiary alicyclic amines) is 2. The standard InChI is InChI=1S/C63H77FN12O6S/c1-7-40-9-8-10-43-27-46(77)28-48(54(40)43)56-55(64)57-49(31-65-56)59(75-32-44-15-16-45(33-75)68-44)70-62(69-57)81-26-25-72-19-17-63(6,18-20-72)35-73-21-23-74(24-22-73)52-30-51(82-71-52)53(37(2)3)61(80)76-34-47(78)29-50(76)60(79)67-38(4)41-11-13-42(14-12-41)58-39(5)66-36-83-58/h8-14,27-28,30-31,36-38,44-45,47,50,53,68,77-78H,7,15-26,29,32-35H2,1-6H3,(H,67,79)/t38-,44?,45?,47+,50-,53+/m0/s1. The lowest BCUT2D eigenvalue weighted by Gasteiger charge is -2.44. The van der Waals surface area contributed by atoms with Gasteiger partial charge in [0.15, 0.2) is 17.4 Å². The summed E-state index contributed by atoms with van der Waals surface area (Å²) >= 11 is 1.59. The van der Waals surface area contributed by atoms with Crippen LogP contribution in [0.25, 0.3) is 43.4 Å². The Bertz CT molecular complexity index is 3480. The van der Waals surface area contributed by atoms with Gasteiger partial charge >= 0.3 is 6.01 Å². The third-order valence-corrected chi connectivity index (χ3v) is 19.2. The highest BCUT2D eigenvalue weighted by Crippen LogP contribution is 2.41. The zero-order valence-corrected chi connectivity index (χ0v) is 49.3. The summed E-state index contributed by atoms with van der Waals surface area (Å²) in [5, 5.41) is 35.1. The van der Waals surface area contributed by atoms with Crippen LogP contribution in [-0.4, -0.2) is 165 Å². The number of piperazine rings is 2. The average molecular weight is 1150 g/mol. The van der Waals surface area contributed by atoms with Gasteiger partial charge in [-0.05, 0) is 110 Å². The first-order chi connectivity index (χ1) is 40.1. The number of pyridine rings is 1. The van der Waals surface area contributed by atoms with Crippen molar-refractivity contribution >= 4 is 56.5 Å². The van der Waals surface area contributed by atoms with Crippen LogP contribution in [0.2, 0.25) is 0 Å². The lowest BCUT2D eigenvalue weighted by Crippen LogP contribution is -2.51. The minimum Gasteiger partial charge on any atom is -0.508 e. The quantitative estimate of drug-likeness (QED) is 0.0676. The van der Waals surface area contributed by atoms with Crippen LogP contribution in [0, 0.1) is 24.1 Å². The number of β-amino-alcohol motifs (C(OH)–C–C–N with tert-alkyl or cyclic N) is 1. The molecule has 5 aliphatic rings. The lowest BCUT2D eigenvalue weighted by molar-refractivity contribution is -0.141. The molecule has 7 aromatic rings. The molecule has 3 aromatic carbocycles. The topological polar surface area (TPSA) is 202 Å². The van der Waals surface area contributed by atoms with E-state index in [0.717, 1.165) is 129 Å². The molecule has 5 saturated heterocycles. The van der Waals surface area contributed by atoms with Gasteiger partial charge in [-0.25, -0.2) is 9.37 Å². The fraction of sp³-hybridized carbons (Fsp3) is 0.508. The second-order valence-electron chi connectivity index (χ2n) is 24.5. The van der Waals surface area contributed by atoms with Gasteiger partial charge in [-0.15, -0.1) is 11.3 Å². The van der Waals surface area contributed by atoms with E-state index in [1.165, 1.54) is 4.90 Å². The Labute approximate surface area is 488 Å². The Kier molecular flexibility index (Phi) is 16.1. The van der Waals surface area contributed by atoms with Gasteiger partial charge in [-0.3, -0.25) is 24.4 Å². The molecule has 83 heavy (non-hydrogen) atoms. The van der Waals surface area contributed by atoms with Crippen molar-refractivity contribution in [3.8, 4) is 33.5 Å². The summed E-state index contributed by atoms with van der Waals surface area (Å²) in [4.78, 5) is 59.2. The van der Waals surface area contributed by atoms with Crippen LogP contribution >= 0.6 is 11.3 Å². The van der Waals surface area contributed by atoms with Crippen LogP contribution in [0.1, 0.15) is 101 Å². The number of phenols is 1. The van der Waals surface area contributed by atoms with Crippen molar-refractivity contribution in [2.24, 2.45) is 11.3 Å². The molecule has 0 saturated carbocycles. The summed E-state index contributed by atoms with van der Waals surface area (Å²) in [5.74, 6) is -0.127. The smallest absolute Gasteiger partial charge is 0.319 e. The molecule has 2 unspecified atom stereocenters. The summed E-state index contributed by atoms with van der Waals surface area (Å²) in [6, 6.07) is 18.9. The van der Waals surface area contributed by atoms with Gasteiger partial charge in [0.05, 0.1) is 33.6 Å². The number of fused-ring (bicyclic) bond motifs is 4. The number of benzene rings is 3. The van der Waals surface area contributed by atoms with E-state index in [2.05, 4.69) is 54.2 Å². The lowest BCUT2D eigenvalue weighted by atomic mass is 9.79. The second kappa shape index (κ2) is 23.7. The molecule has 6 atom stereocenters. The maximum absolute atomic E-state index is 17.2. The molecule has 0 radical (unpaired) electrons. The number of nitrogens with one attached hydrogen (secondary N) is 2. The molecule has 9 heterocycles. The Morgan fingerprint density at radius 1 is 0.940 bits per heavy atom. The molecule has 0 spiro atoms. The van der Waals surface area contributed by atoms with Crippen LogP contribution in [0.4, 0.5) is 16.0 Å². The largest absolute Gasteiger partial charge is 0.508 e. The van der Waals surface area contributed by atoms with Crippen LogP contribution in [0.15, 0.2) is 76.9 Å². The predicted molar refractivity (Wildman–Crippen MR) is 320 cm³/mol. The molecule has 4 N–H and O–H groups in total. The van der Waals surface area contributed by atoms with Gasteiger partial charge in [0, 0.05) is 95.2 Å². The maximum atomic E-state index is 17.2. The van der Waals surface area contributed by atoms with Crippen LogP contribution < -0.4 is 25.2 Å². The van der Waals surface area contributed by atoms with E-state index in [1.54, 1.807) is 29.7 Å². The number of aliphatic hydroxyl groups is 1. The van der Waals surface area contributed by atoms with Gasteiger partial charge in [0.1, 0.15) is 41.3 Å². The highest BCUT2D eigenvalue weighted by Gasteiger charge is 2.44. The van der Waals surface area contributed by atoms with Crippen LogP contribution in [-0.2, 0) is 16.0 Å². The van der Waals surface area contributed by atoms with Crippen molar-refractivity contribution in [2.75, 3.05) is 88.4 Å². The van der Waals surface area contributed by atoms with E-state index in [1.807, 2.05) is 81.7 Å². The van der Waals surface area contributed by atoms with Crippen molar-refractivity contribution < 1.29 is 33.5 Å². The van der Waals surface area contributed by atoms with Gasteiger partial charge in [-0.1, -0.05) is 75.3 Å². The number of phenolic OH excluding ortho intramolecular Hbond substituents is 1. The Morgan fingerprint density at radius 2 is 1.70 bits per heavy atom. The zero-order chi connectivity index (χ0) is 57.7. The number of hydrogen-bond acceptors (Lipinski definition) is 17. The first kappa shape index (κ1) is 56.6. The number of halogens is 1. The van der Waals surface area contributed by atoms with Gasteiger partial charge in [0.25, 0.3) is 0 Å². The normalized spacial score (nSPS) is 22.0. The fourth-order valence-electron chi connectivity index (χ4n) is 13.6. The first-order valence-electron chi connectivity index (χ1n) is 29.8. The number of nitrogens with zero attached hydrogens (tertiary/aromatic N) is 10. The number of piperidine rings is 1. The number of aromatic nitrogens is 5. The van der Waals surface area contributed by atoms with Gasteiger partial charge in [-0.2, -0.15) is 9.97 Å². The van der Waals surface area contributed by atoms with Crippen molar-refractivity contribution in [3.63, 3.8) is 0 Å². The third-order valence-electron chi connectivity index (χ3n) is 18.2. The number of aliphatic hydroxyl groups excluding tert-OH is 1. The molecule has 12 rings (SSSR count). The Hall–Kier alpha value is -6.84. The number of ether oxygens (including phenoxy) is 1. The molecular weight excluding hydrogens is 1070 g/mol. The van der Waals surface area contributed by atoms with Crippen molar-refractivity contribution in [1.82, 2.24) is 50.4 Å². The molecule has 5 aliphatic heterocycles. The van der Waals surface area contributed by atoms with Crippen LogP contribution in [0.3, 0.4) is 0 Å². The van der Waals surface area contributed by atoms with Crippen molar-refractivity contribution in [1.29, 1.82) is 0 Å². The molecule has 2 amide bonds. The predicted octanol–water partition coefficient (Wildman–Crippen LogP) is 8.49. The van der Waals surface area contributed by atoms with E-state index in [4.69, 9.17) is 24.2 Å². The third kappa shape index (κ3) is 11.7. The number of rotatable bonds is 17. The van der Waals surface area contributed by atoms with E-state index < -0.39 is 23.9 Å². The number of amides is 2. The Balaban J connectivity index is 0.643. The number of aromatic hydroxyl groups is 1. The van der Waals surface area contributed by atoms with Gasteiger partial charge in [0.2, 0.25) is 11.8 Å². The average Bonchev–Trinajstić information content (AvgIpc) is 3.09. The highest BCUT2D eigenvalue weighted by molar-refractivity contribution is 7.13. The van der Waals surface area contributed by atoms with Gasteiger partial charge < -0.3 is 44.8 Å². The number of hydrogen-bond donors (Lipinski definition) is 4. The molecule has 438 valence electrons. The Morgan fingerprint density at radius 3 is 2.41 bits per heavy atom. The molecule has 4 aromatic heterocycles. The molecule has 5 fully saturated rings. The number of aryl methyl sites for hydroxylation is 2. The summed E-state index contributed by atoms with van der Waals surface area (Å²) in [5.41, 5.74) is 6.82. The number of carbonyl (C=O) groups is 2. The van der Waals surface area contributed by atoms with Crippen molar-refractivity contribution in [2.45, 2.75) is 116 Å². The molecule has 2 bridgehead atoms. The SMILES string of the molecule is CCc1cccc2cc(O)cc(-c3ncc4c(N5CC6CCC(C5)N6)nc(OCCN5CCC(C)(CN6CCN(c7cc([C@H](C(=O)N8C[C@H](O)C[C@H]8C(=O)N[C@@H](C)c8ccc(-c9scnc9C)cc8)C(C)C)on7)CC6)CC5)nc4c3F)c12. The first-order valence-corrected chi connectivity index (χ1v) is 30.7. The fourth-order valence-corrected chi connectivity index (χ4v) is 14.4. The number of anilines is 2.